The molecular weight excluding hydrogens is 260 g/mol. The van der Waals surface area contributed by atoms with Gasteiger partial charge in [0.15, 0.2) is 0 Å². The van der Waals surface area contributed by atoms with Crippen LogP contribution in [-0.4, -0.2) is 41.1 Å². The van der Waals surface area contributed by atoms with Gasteiger partial charge in [0.1, 0.15) is 0 Å². The van der Waals surface area contributed by atoms with E-state index in [0.29, 0.717) is 11.6 Å². The molecule has 3 rings (SSSR count). The summed E-state index contributed by atoms with van der Waals surface area (Å²) in [6.45, 7) is 3.30. The van der Waals surface area contributed by atoms with Crippen LogP contribution in [0.5, 0.6) is 0 Å². The Balaban J connectivity index is 1.50. The second-order valence-corrected chi connectivity index (χ2v) is 6.54. The number of piperidine rings is 1. The Bertz CT molecular complexity index is 460. The van der Waals surface area contributed by atoms with Crippen LogP contribution in [-0.2, 0) is 6.54 Å². The summed E-state index contributed by atoms with van der Waals surface area (Å²) >= 11 is 1.53. The van der Waals surface area contributed by atoms with Crippen LogP contribution >= 0.6 is 11.3 Å². The van der Waals surface area contributed by atoms with Crippen LogP contribution in [0.4, 0.5) is 0 Å². The number of carbonyl (C=O) groups is 1. The van der Waals surface area contributed by atoms with Gasteiger partial charge in [-0.3, -0.25) is 0 Å². The van der Waals surface area contributed by atoms with Gasteiger partial charge in [-0.2, -0.15) is 0 Å². The highest BCUT2D eigenvalue weighted by Crippen LogP contribution is 2.27. The molecule has 0 amide bonds. The topological polar surface area (TPSA) is 52.6 Å². The third kappa shape index (κ3) is 2.99. The first-order valence-corrected chi connectivity index (χ1v) is 7.88. The predicted molar refractivity (Wildman–Crippen MR) is 75.7 cm³/mol. The highest BCUT2D eigenvalue weighted by Gasteiger charge is 2.31. The fourth-order valence-corrected chi connectivity index (χ4v) is 4.05. The molecule has 104 valence electrons. The molecule has 2 saturated heterocycles. The second kappa shape index (κ2) is 5.61. The van der Waals surface area contributed by atoms with Gasteiger partial charge in [-0.1, -0.05) is 0 Å². The van der Waals surface area contributed by atoms with E-state index in [0.717, 1.165) is 17.5 Å². The Morgan fingerprint density at radius 2 is 2.37 bits per heavy atom. The zero-order chi connectivity index (χ0) is 13.2. The molecule has 3 heterocycles. The molecule has 0 aromatic carbocycles. The standard InChI is InChI=1S/C14H20N2O2S/c17-14(18)10-6-13(19-9-10)8-15-11-3-5-16-4-1-2-12(16)7-11/h6,9,11-12,15H,1-5,7-8H2,(H,17,18). The van der Waals surface area contributed by atoms with Crippen LogP contribution in [0.15, 0.2) is 11.4 Å². The summed E-state index contributed by atoms with van der Waals surface area (Å²) in [6.07, 6.45) is 5.16. The van der Waals surface area contributed by atoms with Gasteiger partial charge in [0.2, 0.25) is 0 Å². The average Bonchev–Trinajstić information content (AvgIpc) is 3.04. The molecule has 2 N–H and O–H groups in total. The number of aromatic carboxylic acids is 1. The number of fused-ring (bicyclic) bond motifs is 1. The van der Waals surface area contributed by atoms with E-state index in [1.165, 1.54) is 50.1 Å². The quantitative estimate of drug-likeness (QED) is 0.887. The van der Waals surface area contributed by atoms with Crippen molar-refractivity contribution < 1.29 is 9.90 Å². The van der Waals surface area contributed by atoms with Crippen molar-refractivity contribution in [3.05, 3.63) is 21.9 Å². The molecule has 0 spiro atoms. The van der Waals surface area contributed by atoms with E-state index in [1.54, 1.807) is 11.4 Å². The van der Waals surface area contributed by atoms with Crippen molar-refractivity contribution in [1.29, 1.82) is 0 Å². The molecule has 2 unspecified atom stereocenters. The summed E-state index contributed by atoms with van der Waals surface area (Å²) in [7, 11) is 0. The van der Waals surface area contributed by atoms with Gasteiger partial charge in [-0.05, 0) is 44.8 Å². The van der Waals surface area contributed by atoms with E-state index in [2.05, 4.69) is 10.2 Å². The summed E-state index contributed by atoms with van der Waals surface area (Å²) in [4.78, 5) is 14.6. The summed E-state index contributed by atoms with van der Waals surface area (Å²) in [5.41, 5.74) is 0.410. The number of thiophene rings is 1. The van der Waals surface area contributed by atoms with Crippen molar-refractivity contribution in [1.82, 2.24) is 10.2 Å². The van der Waals surface area contributed by atoms with Crippen molar-refractivity contribution in [3.8, 4) is 0 Å². The van der Waals surface area contributed by atoms with E-state index < -0.39 is 5.97 Å². The highest BCUT2D eigenvalue weighted by atomic mass is 32.1. The summed E-state index contributed by atoms with van der Waals surface area (Å²) in [5, 5.41) is 14.2. The van der Waals surface area contributed by atoms with E-state index in [9.17, 15) is 4.79 Å². The Hall–Kier alpha value is -0.910. The van der Waals surface area contributed by atoms with Crippen LogP contribution in [0.25, 0.3) is 0 Å². The maximum absolute atomic E-state index is 10.8. The minimum atomic E-state index is -0.832. The second-order valence-electron chi connectivity index (χ2n) is 5.54. The summed E-state index contributed by atoms with van der Waals surface area (Å²) in [5.74, 6) is -0.832. The zero-order valence-electron chi connectivity index (χ0n) is 11.0. The smallest absolute Gasteiger partial charge is 0.336 e. The van der Waals surface area contributed by atoms with Crippen LogP contribution in [0.1, 0.15) is 40.9 Å². The largest absolute Gasteiger partial charge is 0.478 e. The third-order valence-electron chi connectivity index (χ3n) is 4.29. The lowest BCUT2D eigenvalue weighted by Gasteiger charge is -2.35. The third-order valence-corrected chi connectivity index (χ3v) is 5.22. The fourth-order valence-electron chi connectivity index (χ4n) is 3.24. The first kappa shape index (κ1) is 13.1. The lowest BCUT2D eigenvalue weighted by atomic mass is 9.97. The molecule has 2 aliphatic heterocycles. The molecule has 19 heavy (non-hydrogen) atoms. The number of carboxylic acid groups (broad SMARTS) is 1. The molecule has 2 fully saturated rings. The number of carboxylic acids is 1. The summed E-state index contributed by atoms with van der Waals surface area (Å²) < 4.78 is 0. The number of rotatable bonds is 4. The zero-order valence-corrected chi connectivity index (χ0v) is 11.8. The minimum Gasteiger partial charge on any atom is -0.478 e. The van der Waals surface area contributed by atoms with Gasteiger partial charge >= 0.3 is 5.97 Å². The van der Waals surface area contributed by atoms with Crippen LogP contribution in [0.3, 0.4) is 0 Å². The molecule has 2 aliphatic rings. The SMILES string of the molecule is O=C(O)c1csc(CNC2CCN3CCCC3C2)c1. The van der Waals surface area contributed by atoms with E-state index in [-0.39, 0.29) is 0 Å². The van der Waals surface area contributed by atoms with Crippen molar-refractivity contribution in [2.24, 2.45) is 0 Å². The Morgan fingerprint density at radius 1 is 1.47 bits per heavy atom. The first-order valence-electron chi connectivity index (χ1n) is 7.00. The number of hydrogen-bond donors (Lipinski definition) is 2. The molecule has 0 aliphatic carbocycles. The molecule has 0 saturated carbocycles. The fraction of sp³-hybridized carbons (Fsp3) is 0.643. The monoisotopic (exact) mass is 280 g/mol. The number of nitrogens with zero attached hydrogens (tertiary/aromatic N) is 1. The van der Waals surface area contributed by atoms with Crippen LogP contribution in [0.2, 0.25) is 0 Å². The molecular formula is C14H20N2O2S. The molecule has 1 aromatic heterocycles. The Morgan fingerprint density at radius 3 is 3.16 bits per heavy atom. The van der Waals surface area contributed by atoms with Gasteiger partial charge in [0.05, 0.1) is 5.56 Å². The average molecular weight is 280 g/mol. The molecule has 0 bridgehead atoms. The van der Waals surface area contributed by atoms with Gasteiger partial charge in [-0.25, -0.2) is 4.79 Å². The minimum absolute atomic E-state index is 0.410. The first-order chi connectivity index (χ1) is 9.22. The molecule has 1 aromatic rings. The summed E-state index contributed by atoms with van der Waals surface area (Å²) in [6, 6.07) is 3.16. The Labute approximate surface area is 117 Å². The van der Waals surface area contributed by atoms with Gasteiger partial charge in [0, 0.05) is 28.9 Å². The number of nitrogens with one attached hydrogen (secondary N) is 1. The van der Waals surface area contributed by atoms with Gasteiger partial charge in [-0.15, -0.1) is 11.3 Å². The number of hydrogen-bond acceptors (Lipinski definition) is 4. The van der Waals surface area contributed by atoms with Crippen molar-refractivity contribution in [3.63, 3.8) is 0 Å². The van der Waals surface area contributed by atoms with Crippen molar-refractivity contribution in [2.45, 2.75) is 44.3 Å². The van der Waals surface area contributed by atoms with E-state index in [4.69, 9.17) is 5.11 Å². The maximum atomic E-state index is 10.8. The van der Waals surface area contributed by atoms with E-state index >= 15 is 0 Å². The lowest BCUT2D eigenvalue weighted by molar-refractivity contribution is 0.0697. The molecule has 5 heteroatoms. The van der Waals surface area contributed by atoms with Gasteiger partial charge in [0.25, 0.3) is 0 Å². The Kier molecular flexibility index (Phi) is 3.86. The molecule has 0 radical (unpaired) electrons. The van der Waals surface area contributed by atoms with E-state index in [1.807, 2.05) is 0 Å². The predicted octanol–water partition coefficient (Wildman–Crippen LogP) is 2.16. The highest BCUT2D eigenvalue weighted by molar-refractivity contribution is 7.10. The normalized spacial score (nSPS) is 27.4. The van der Waals surface area contributed by atoms with Crippen molar-refractivity contribution in [2.75, 3.05) is 13.1 Å². The van der Waals surface area contributed by atoms with Crippen LogP contribution < -0.4 is 5.32 Å². The van der Waals surface area contributed by atoms with Crippen LogP contribution in [0, 0.1) is 0 Å². The maximum Gasteiger partial charge on any atom is 0.336 e. The molecule has 4 nitrogen and oxygen atoms in total. The lowest BCUT2D eigenvalue weighted by Crippen LogP contribution is -2.45. The van der Waals surface area contributed by atoms with Gasteiger partial charge < -0.3 is 15.3 Å². The molecule has 2 atom stereocenters. The van der Waals surface area contributed by atoms with Crippen molar-refractivity contribution >= 4 is 17.3 Å².